The molecule has 0 N–H and O–H groups in total. The Labute approximate surface area is 208 Å². The second-order valence-corrected chi connectivity index (χ2v) is 10.5. The second-order valence-electron chi connectivity index (χ2n) is 10.1. The summed E-state index contributed by atoms with van der Waals surface area (Å²) in [5.74, 6) is 1.04. The minimum Gasteiger partial charge on any atom is -0.207 e. The molecule has 0 atom stereocenters. The van der Waals surface area contributed by atoms with E-state index in [1.165, 1.54) is 55.7 Å². The Bertz CT molecular complexity index is 1070. The molecule has 0 saturated heterocycles. The molecule has 4 rings (SSSR count). The highest BCUT2D eigenvalue weighted by Gasteiger charge is 2.21. The van der Waals surface area contributed by atoms with Gasteiger partial charge in [-0.3, -0.25) is 0 Å². The molecule has 1 fully saturated rings. The number of benzene rings is 3. The molecule has 0 spiro atoms. The number of hydrogen-bond acceptors (Lipinski definition) is 0. The molecule has 0 radical (unpaired) electrons. The molecule has 0 aromatic heterocycles. The topological polar surface area (TPSA) is 0 Å². The van der Waals surface area contributed by atoms with E-state index in [1.54, 1.807) is 18.2 Å². The Morgan fingerprint density at radius 3 is 1.79 bits per heavy atom. The highest BCUT2D eigenvalue weighted by molar-refractivity contribution is 6.30. The average molecular weight is 481 g/mol. The van der Waals surface area contributed by atoms with Crippen LogP contribution in [0.3, 0.4) is 0 Å². The van der Waals surface area contributed by atoms with Gasteiger partial charge in [0.25, 0.3) is 0 Å². The van der Waals surface area contributed by atoms with Gasteiger partial charge in [0.05, 0.1) is 5.02 Å². The van der Waals surface area contributed by atoms with Gasteiger partial charge in [0.15, 0.2) is 0 Å². The second kappa shape index (κ2) is 12.0. The standard InChI is InChI=1S/C31H35ClF2/c1-22-2-4-23(5-3-22)6-7-24-8-10-25(11-9-24)12-13-26-14-17-28(30(33)20-26)18-15-27-16-19-29(32)31(34)21-27/h2-5,14,16-17,19-21,24-25H,6-13,15,18H2,1H3/t24-,25-. The SMILES string of the molecule is Cc1ccc(CC[C@H]2CC[C@H](CCc3ccc(CCc4ccc(Cl)c(F)c4)c(F)c3)CC2)cc1. The Kier molecular flexibility index (Phi) is 8.78. The Balaban J connectivity index is 1.18. The van der Waals surface area contributed by atoms with Crippen molar-refractivity contribution in [3.05, 3.63) is 105 Å². The first-order valence-electron chi connectivity index (χ1n) is 12.7. The monoisotopic (exact) mass is 480 g/mol. The Morgan fingerprint density at radius 1 is 0.647 bits per heavy atom. The van der Waals surface area contributed by atoms with E-state index in [0.717, 1.165) is 35.8 Å². The molecule has 0 unspecified atom stereocenters. The van der Waals surface area contributed by atoms with E-state index < -0.39 is 5.82 Å². The summed E-state index contributed by atoms with van der Waals surface area (Å²) in [4.78, 5) is 0. The molecule has 1 aliphatic carbocycles. The molecule has 34 heavy (non-hydrogen) atoms. The lowest BCUT2D eigenvalue weighted by molar-refractivity contribution is 0.253. The maximum absolute atomic E-state index is 14.7. The maximum atomic E-state index is 14.7. The van der Waals surface area contributed by atoms with Crippen LogP contribution in [0.5, 0.6) is 0 Å². The first kappa shape index (κ1) is 24.9. The fourth-order valence-corrected chi connectivity index (χ4v) is 5.35. The quantitative estimate of drug-likeness (QED) is 0.286. The zero-order valence-corrected chi connectivity index (χ0v) is 20.9. The molecule has 3 heteroatoms. The van der Waals surface area contributed by atoms with Crippen molar-refractivity contribution in [2.24, 2.45) is 11.8 Å². The summed E-state index contributed by atoms with van der Waals surface area (Å²) in [5, 5.41) is 0.120. The summed E-state index contributed by atoms with van der Waals surface area (Å²) >= 11 is 5.74. The van der Waals surface area contributed by atoms with Crippen molar-refractivity contribution in [3.8, 4) is 0 Å². The van der Waals surface area contributed by atoms with E-state index in [-0.39, 0.29) is 10.8 Å². The van der Waals surface area contributed by atoms with Crippen LogP contribution >= 0.6 is 11.6 Å². The van der Waals surface area contributed by atoms with Crippen LogP contribution in [0.15, 0.2) is 60.7 Å². The van der Waals surface area contributed by atoms with Crippen LogP contribution in [0.4, 0.5) is 8.78 Å². The first-order valence-corrected chi connectivity index (χ1v) is 13.1. The summed E-state index contributed by atoms with van der Waals surface area (Å²) in [6.45, 7) is 2.14. The van der Waals surface area contributed by atoms with Gasteiger partial charge in [-0.05, 0) is 97.7 Å². The van der Waals surface area contributed by atoms with E-state index in [4.69, 9.17) is 11.6 Å². The fourth-order valence-electron chi connectivity index (χ4n) is 5.23. The van der Waals surface area contributed by atoms with Crippen LogP contribution in [-0.4, -0.2) is 0 Å². The smallest absolute Gasteiger partial charge is 0.142 e. The predicted octanol–water partition coefficient (Wildman–Crippen LogP) is 9.08. The van der Waals surface area contributed by atoms with Gasteiger partial charge in [-0.1, -0.05) is 85.3 Å². The molecule has 1 saturated carbocycles. The van der Waals surface area contributed by atoms with E-state index >= 15 is 0 Å². The van der Waals surface area contributed by atoms with E-state index in [2.05, 4.69) is 37.3 Å². The van der Waals surface area contributed by atoms with Crippen LogP contribution in [0, 0.1) is 30.4 Å². The summed E-state index contributed by atoms with van der Waals surface area (Å²) in [6, 6.07) is 19.4. The number of aryl methyl sites for hydroxylation is 5. The van der Waals surface area contributed by atoms with E-state index in [0.29, 0.717) is 18.4 Å². The molecule has 0 aliphatic heterocycles. The van der Waals surface area contributed by atoms with Crippen molar-refractivity contribution in [2.75, 3.05) is 0 Å². The molecule has 1 aliphatic rings. The molecule has 3 aromatic carbocycles. The third-order valence-electron chi connectivity index (χ3n) is 7.55. The summed E-state index contributed by atoms with van der Waals surface area (Å²) in [7, 11) is 0. The van der Waals surface area contributed by atoms with Crippen molar-refractivity contribution in [3.63, 3.8) is 0 Å². The fraction of sp³-hybridized carbons (Fsp3) is 0.419. The largest absolute Gasteiger partial charge is 0.207 e. The average Bonchev–Trinajstić information content (AvgIpc) is 2.84. The van der Waals surface area contributed by atoms with Crippen molar-refractivity contribution in [1.29, 1.82) is 0 Å². The summed E-state index contributed by atoms with van der Waals surface area (Å²) in [5.41, 5.74) is 5.39. The van der Waals surface area contributed by atoms with Crippen molar-refractivity contribution < 1.29 is 8.78 Å². The Hall–Kier alpha value is -2.19. The van der Waals surface area contributed by atoms with Crippen LogP contribution in [-0.2, 0) is 25.7 Å². The van der Waals surface area contributed by atoms with Crippen LogP contribution in [0.2, 0.25) is 5.02 Å². The minimum atomic E-state index is -0.421. The van der Waals surface area contributed by atoms with Gasteiger partial charge < -0.3 is 0 Å². The summed E-state index contributed by atoms with van der Waals surface area (Å²) in [6.07, 6.45) is 11.0. The molecule has 0 amide bonds. The van der Waals surface area contributed by atoms with Gasteiger partial charge in [-0.15, -0.1) is 0 Å². The lowest BCUT2D eigenvalue weighted by Gasteiger charge is -2.28. The van der Waals surface area contributed by atoms with Crippen molar-refractivity contribution in [2.45, 2.75) is 71.1 Å². The third-order valence-corrected chi connectivity index (χ3v) is 7.86. The van der Waals surface area contributed by atoms with Gasteiger partial charge >= 0.3 is 0 Å². The minimum absolute atomic E-state index is 0.120. The molecule has 3 aromatic rings. The van der Waals surface area contributed by atoms with Crippen LogP contribution in [0.25, 0.3) is 0 Å². The van der Waals surface area contributed by atoms with Gasteiger partial charge in [0, 0.05) is 0 Å². The lowest BCUT2D eigenvalue weighted by Crippen LogP contribution is -2.16. The molecule has 0 nitrogen and oxygen atoms in total. The highest BCUT2D eigenvalue weighted by atomic mass is 35.5. The van der Waals surface area contributed by atoms with Gasteiger partial charge in [-0.25, -0.2) is 8.78 Å². The number of hydrogen-bond donors (Lipinski definition) is 0. The van der Waals surface area contributed by atoms with Gasteiger partial charge in [0.2, 0.25) is 0 Å². The van der Waals surface area contributed by atoms with Crippen LogP contribution in [0.1, 0.15) is 66.3 Å². The van der Waals surface area contributed by atoms with Crippen molar-refractivity contribution >= 4 is 11.6 Å². The van der Waals surface area contributed by atoms with Gasteiger partial charge in [0.1, 0.15) is 11.6 Å². The van der Waals surface area contributed by atoms with Crippen molar-refractivity contribution in [1.82, 2.24) is 0 Å². The predicted molar refractivity (Wildman–Crippen MR) is 138 cm³/mol. The van der Waals surface area contributed by atoms with Gasteiger partial charge in [-0.2, -0.15) is 0 Å². The lowest BCUT2D eigenvalue weighted by atomic mass is 9.77. The van der Waals surface area contributed by atoms with E-state index in [1.807, 2.05) is 6.07 Å². The number of halogens is 3. The zero-order valence-electron chi connectivity index (χ0n) is 20.1. The molecule has 0 heterocycles. The van der Waals surface area contributed by atoms with E-state index in [9.17, 15) is 8.78 Å². The molecular formula is C31H35ClF2. The third kappa shape index (κ3) is 7.15. The normalized spacial score (nSPS) is 18.2. The number of rotatable bonds is 9. The molecule has 180 valence electrons. The maximum Gasteiger partial charge on any atom is 0.142 e. The Morgan fingerprint density at radius 2 is 1.18 bits per heavy atom. The first-order chi connectivity index (χ1) is 16.5. The van der Waals surface area contributed by atoms with Crippen LogP contribution < -0.4 is 0 Å². The molecule has 0 bridgehead atoms. The highest BCUT2D eigenvalue weighted by Crippen LogP contribution is 2.34. The summed E-state index contributed by atoms with van der Waals surface area (Å²) < 4.78 is 28.3. The zero-order chi connectivity index (χ0) is 23.9. The molecular weight excluding hydrogens is 446 g/mol.